The standard InChI is InChI=1S/C10H22N2O2S/c1-3-12(7-8-15(2,13)14)9-10-5-4-6-11-10/h10-11H,3-9H2,1-2H3. The van der Waals surface area contributed by atoms with E-state index in [4.69, 9.17) is 0 Å². The van der Waals surface area contributed by atoms with Crippen LogP contribution < -0.4 is 5.32 Å². The molecule has 1 rings (SSSR count). The summed E-state index contributed by atoms with van der Waals surface area (Å²) in [5.74, 6) is 0.271. The molecule has 0 spiro atoms. The number of sulfone groups is 1. The number of likely N-dealkylation sites (N-methyl/N-ethyl adjacent to an activating group) is 1. The third-order valence-corrected chi connectivity index (χ3v) is 3.79. The molecule has 1 heterocycles. The zero-order valence-corrected chi connectivity index (χ0v) is 10.5. The van der Waals surface area contributed by atoms with E-state index in [1.807, 2.05) is 0 Å². The second kappa shape index (κ2) is 5.82. The van der Waals surface area contributed by atoms with Crippen molar-refractivity contribution in [2.75, 3.05) is 38.2 Å². The van der Waals surface area contributed by atoms with Crippen LogP contribution in [-0.4, -0.2) is 57.5 Å². The molecule has 1 fully saturated rings. The molecule has 5 heteroatoms. The second-order valence-corrected chi connectivity index (χ2v) is 6.58. The monoisotopic (exact) mass is 234 g/mol. The van der Waals surface area contributed by atoms with Gasteiger partial charge in [-0.15, -0.1) is 0 Å². The molecule has 0 aliphatic carbocycles. The van der Waals surface area contributed by atoms with E-state index >= 15 is 0 Å². The van der Waals surface area contributed by atoms with Crippen LogP contribution in [-0.2, 0) is 9.84 Å². The normalized spacial score (nSPS) is 22.5. The van der Waals surface area contributed by atoms with Crippen molar-refractivity contribution in [1.29, 1.82) is 0 Å². The maximum atomic E-state index is 11.0. The molecule has 15 heavy (non-hydrogen) atoms. The highest BCUT2D eigenvalue weighted by atomic mass is 32.2. The molecule has 0 radical (unpaired) electrons. The smallest absolute Gasteiger partial charge is 0.148 e. The first-order valence-corrected chi connectivity index (χ1v) is 7.71. The van der Waals surface area contributed by atoms with Gasteiger partial charge in [-0.25, -0.2) is 8.42 Å². The molecule has 1 saturated heterocycles. The SMILES string of the molecule is CCN(CCS(C)(=O)=O)CC1CCCN1. The van der Waals surface area contributed by atoms with E-state index in [-0.39, 0.29) is 5.75 Å². The van der Waals surface area contributed by atoms with E-state index in [1.165, 1.54) is 19.1 Å². The molecule has 0 amide bonds. The van der Waals surface area contributed by atoms with Gasteiger partial charge in [0.05, 0.1) is 5.75 Å². The third kappa shape index (κ3) is 5.49. The lowest BCUT2D eigenvalue weighted by Crippen LogP contribution is -2.39. The number of rotatable bonds is 6. The average Bonchev–Trinajstić information content (AvgIpc) is 2.63. The summed E-state index contributed by atoms with van der Waals surface area (Å²) in [7, 11) is -2.82. The first kappa shape index (κ1) is 12.9. The molecular formula is C10H22N2O2S. The summed E-state index contributed by atoms with van der Waals surface area (Å²) in [6.07, 6.45) is 3.76. The van der Waals surface area contributed by atoms with Crippen molar-refractivity contribution in [2.24, 2.45) is 0 Å². The predicted octanol–water partition coefficient (Wildman–Crippen LogP) is 0.105. The minimum absolute atomic E-state index is 0.271. The molecule has 0 saturated carbocycles. The fourth-order valence-electron chi connectivity index (χ4n) is 1.90. The maximum Gasteiger partial charge on any atom is 0.148 e. The van der Waals surface area contributed by atoms with Gasteiger partial charge in [0.1, 0.15) is 9.84 Å². The summed E-state index contributed by atoms with van der Waals surface area (Å²) in [6, 6.07) is 0.560. The van der Waals surface area contributed by atoms with Crippen LogP contribution in [0.5, 0.6) is 0 Å². The topological polar surface area (TPSA) is 49.4 Å². The van der Waals surface area contributed by atoms with Crippen molar-refractivity contribution in [3.63, 3.8) is 0 Å². The predicted molar refractivity (Wildman–Crippen MR) is 62.8 cm³/mol. The Morgan fingerprint density at radius 3 is 2.67 bits per heavy atom. The molecule has 0 bridgehead atoms. The average molecular weight is 234 g/mol. The maximum absolute atomic E-state index is 11.0. The summed E-state index contributed by atoms with van der Waals surface area (Å²) in [5, 5.41) is 3.43. The van der Waals surface area contributed by atoms with E-state index < -0.39 is 9.84 Å². The molecule has 1 aliphatic rings. The van der Waals surface area contributed by atoms with E-state index in [2.05, 4.69) is 17.1 Å². The first-order valence-electron chi connectivity index (χ1n) is 5.64. The molecule has 1 atom stereocenters. The van der Waals surface area contributed by atoms with Gasteiger partial charge in [-0.05, 0) is 25.9 Å². The number of nitrogens with one attached hydrogen (secondary N) is 1. The van der Waals surface area contributed by atoms with Crippen LogP contribution in [0.15, 0.2) is 0 Å². The van der Waals surface area contributed by atoms with Crippen LogP contribution in [0.25, 0.3) is 0 Å². The van der Waals surface area contributed by atoms with Crippen molar-refractivity contribution >= 4 is 9.84 Å². The van der Waals surface area contributed by atoms with Crippen molar-refractivity contribution in [3.05, 3.63) is 0 Å². The van der Waals surface area contributed by atoms with Gasteiger partial charge >= 0.3 is 0 Å². The summed E-state index contributed by atoms with van der Waals surface area (Å²) in [4.78, 5) is 2.21. The minimum Gasteiger partial charge on any atom is -0.313 e. The highest BCUT2D eigenvalue weighted by Gasteiger charge is 2.17. The largest absolute Gasteiger partial charge is 0.313 e. The Balaban J connectivity index is 2.28. The Morgan fingerprint density at radius 1 is 1.47 bits per heavy atom. The van der Waals surface area contributed by atoms with Gasteiger partial charge in [-0.3, -0.25) is 0 Å². The lowest BCUT2D eigenvalue weighted by molar-refractivity contribution is 0.275. The van der Waals surface area contributed by atoms with Gasteiger partial charge in [0.2, 0.25) is 0 Å². The fraction of sp³-hybridized carbons (Fsp3) is 1.00. The van der Waals surface area contributed by atoms with Gasteiger partial charge in [-0.1, -0.05) is 6.92 Å². The van der Waals surface area contributed by atoms with Crippen molar-refractivity contribution in [1.82, 2.24) is 10.2 Å². The molecule has 0 aromatic rings. The molecular weight excluding hydrogens is 212 g/mol. The van der Waals surface area contributed by atoms with Crippen molar-refractivity contribution in [2.45, 2.75) is 25.8 Å². The van der Waals surface area contributed by atoms with Crippen LogP contribution >= 0.6 is 0 Å². The van der Waals surface area contributed by atoms with Crippen LogP contribution in [0.4, 0.5) is 0 Å². The van der Waals surface area contributed by atoms with Crippen LogP contribution in [0, 0.1) is 0 Å². The van der Waals surface area contributed by atoms with Crippen molar-refractivity contribution in [3.8, 4) is 0 Å². The Morgan fingerprint density at radius 2 is 2.20 bits per heavy atom. The quantitative estimate of drug-likeness (QED) is 0.708. The lowest BCUT2D eigenvalue weighted by atomic mass is 10.2. The molecule has 1 aliphatic heterocycles. The molecule has 0 aromatic carbocycles. The number of hydrogen-bond donors (Lipinski definition) is 1. The van der Waals surface area contributed by atoms with Gasteiger partial charge in [0.15, 0.2) is 0 Å². The Kier molecular flexibility index (Phi) is 5.02. The summed E-state index contributed by atoms with van der Waals surface area (Å²) in [5.41, 5.74) is 0. The Hall–Kier alpha value is -0.130. The first-order chi connectivity index (χ1) is 7.01. The minimum atomic E-state index is -2.82. The van der Waals surface area contributed by atoms with E-state index in [0.29, 0.717) is 12.6 Å². The Bertz CT molecular complexity index is 271. The third-order valence-electron chi connectivity index (χ3n) is 2.87. The molecule has 4 nitrogen and oxygen atoms in total. The fourth-order valence-corrected chi connectivity index (χ4v) is 2.49. The molecule has 0 aromatic heterocycles. The highest BCUT2D eigenvalue weighted by molar-refractivity contribution is 7.90. The van der Waals surface area contributed by atoms with Crippen LogP contribution in [0.3, 0.4) is 0 Å². The van der Waals surface area contributed by atoms with E-state index in [0.717, 1.165) is 19.6 Å². The highest BCUT2D eigenvalue weighted by Crippen LogP contribution is 2.06. The second-order valence-electron chi connectivity index (χ2n) is 4.32. The summed E-state index contributed by atoms with van der Waals surface area (Å²) >= 11 is 0. The summed E-state index contributed by atoms with van der Waals surface area (Å²) < 4.78 is 22.1. The van der Waals surface area contributed by atoms with Gasteiger partial charge in [-0.2, -0.15) is 0 Å². The molecule has 1 unspecified atom stereocenters. The van der Waals surface area contributed by atoms with Gasteiger partial charge < -0.3 is 10.2 Å². The molecule has 90 valence electrons. The zero-order chi connectivity index (χ0) is 11.3. The summed E-state index contributed by atoms with van der Waals surface area (Å²) in [6.45, 7) is 5.75. The van der Waals surface area contributed by atoms with E-state index in [9.17, 15) is 8.42 Å². The van der Waals surface area contributed by atoms with Crippen LogP contribution in [0.2, 0.25) is 0 Å². The Labute approximate surface area is 93.0 Å². The van der Waals surface area contributed by atoms with Crippen LogP contribution in [0.1, 0.15) is 19.8 Å². The molecule has 1 N–H and O–H groups in total. The lowest BCUT2D eigenvalue weighted by Gasteiger charge is -2.23. The number of nitrogens with zero attached hydrogens (tertiary/aromatic N) is 1. The van der Waals surface area contributed by atoms with Gasteiger partial charge in [0.25, 0.3) is 0 Å². The zero-order valence-electron chi connectivity index (χ0n) is 9.70. The van der Waals surface area contributed by atoms with Crippen molar-refractivity contribution < 1.29 is 8.42 Å². The van der Waals surface area contributed by atoms with E-state index in [1.54, 1.807) is 0 Å². The van der Waals surface area contributed by atoms with Gasteiger partial charge in [0, 0.05) is 25.4 Å². The number of hydrogen-bond acceptors (Lipinski definition) is 4.